The maximum atomic E-state index is 12.3. The maximum absolute atomic E-state index is 12.3. The lowest BCUT2D eigenvalue weighted by Gasteiger charge is -2.11. The molecule has 0 amide bonds. The predicted octanol–water partition coefficient (Wildman–Crippen LogP) is 1.16. The molecule has 2 rings (SSSR count). The van der Waals surface area contributed by atoms with E-state index in [1.54, 1.807) is 4.68 Å². The van der Waals surface area contributed by atoms with Gasteiger partial charge in [-0.15, -0.1) is 0 Å². The van der Waals surface area contributed by atoms with E-state index in [9.17, 15) is 4.79 Å². The molecular formula is C20H38N6O3. The number of nitrogens with one attached hydrogen (secondary N) is 2. The van der Waals surface area contributed by atoms with Crippen molar-refractivity contribution >= 4 is 5.96 Å². The number of nitrogens with zero attached hydrogens (tertiary/aromatic N) is 4. The largest absolute Gasteiger partial charge is 0.379 e. The Hall–Kier alpha value is -1.87. The lowest BCUT2D eigenvalue weighted by atomic mass is 10.2. The second kappa shape index (κ2) is 14.2. The van der Waals surface area contributed by atoms with E-state index in [-0.39, 0.29) is 5.69 Å². The minimum Gasteiger partial charge on any atom is -0.379 e. The molecule has 1 aliphatic heterocycles. The summed E-state index contributed by atoms with van der Waals surface area (Å²) in [4.78, 5) is 16.9. The van der Waals surface area contributed by atoms with Gasteiger partial charge >= 0.3 is 5.69 Å². The molecule has 9 nitrogen and oxygen atoms in total. The second-order valence-electron chi connectivity index (χ2n) is 7.15. The van der Waals surface area contributed by atoms with Crippen LogP contribution in [0.4, 0.5) is 0 Å². The third kappa shape index (κ3) is 8.57. The Labute approximate surface area is 173 Å². The SMILES string of the molecule is CCCCOCCOCCNC(=NCCCn1nc2n(c1=O)CCCC2)NCC. The topological polar surface area (TPSA) is 94.7 Å². The zero-order chi connectivity index (χ0) is 20.7. The van der Waals surface area contributed by atoms with E-state index in [1.807, 2.05) is 11.5 Å². The van der Waals surface area contributed by atoms with Gasteiger partial charge in [-0.1, -0.05) is 13.3 Å². The van der Waals surface area contributed by atoms with Crippen molar-refractivity contribution in [1.82, 2.24) is 25.0 Å². The molecule has 0 fully saturated rings. The summed E-state index contributed by atoms with van der Waals surface area (Å²) in [5.41, 5.74) is 0.0181. The summed E-state index contributed by atoms with van der Waals surface area (Å²) < 4.78 is 14.4. The van der Waals surface area contributed by atoms with Crippen molar-refractivity contribution in [1.29, 1.82) is 0 Å². The van der Waals surface area contributed by atoms with Crippen molar-refractivity contribution in [2.24, 2.45) is 4.99 Å². The van der Waals surface area contributed by atoms with Crippen LogP contribution >= 0.6 is 0 Å². The van der Waals surface area contributed by atoms with Gasteiger partial charge in [0.2, 0.25) is 0 Å². The van der Waals surface area contributed by atoms with E-state index < -0.39 is 0 Å². The number of ether oxygens (including phenoxy) is 2. The zero-order valence-corrected chi connectivity index (χ0v) is 18.1. The van der Waals surface area contributed by atoms with Gasteiger partial charge in [-0.2, -0.15) is 5.10 Å². The van der Waals surface area contributed by atoms with Gasteiger partial charge in [0.15, 0.2) is 5.96 Å². The van der Waals surface area contributed by atoms with Crippen molar-refractivity contribution in [3.63, 3.8) is 0 Å². The van der Waals surface area contributed by atoms with Crippen molar-refractivity contribution in [3.8, 4) is 0 Å². The highest BCUT2D eigenvalue weighted by Crippen LogP contribution is 2.09. The van der Waals surface area contributed by atoms with Crippen LogP contribution in [0, 0.1) is 0 Å². The number of aliphatic imine (C=N–C) groups is 1. The first kappa shape index (κ1) is 23.4. The summed E-state index contributed by atoms with van der Waals surface area (Å²) in [6.07, 6.45) is 6.12. The van der Waals surface area contributed by atoms with Crippen LogP contribution in [-0.2, 0) is 29.0 Å². The van der Waals surface area contributed by atoms with Gasteiger partial charge in [0.05, 0.1) is 19.8 Å². The molecule has 0 atom stereocenters. The molecule has 29 heavy (non-hydrogen) atoms. The van der Waals surface area contributed by atoms with E-state index in [2.05, 4.69) is 27.6 Å². The molecule has 0 saturated carbocycles. The average molecular weight is 411 g/mol. The molecule has 0 aromatic carbocycles. The van der Waals surface area contributed by atoms with Crippen LogP contribution in [0.15, 0.2) is 9.79 Å². The van der Waals surface area contributed by atoms with Crippen molar-refractivity contribution in [3.05, 3.63) is 16.3 Å². The minimum atomic E-state index is 0.0181. The highest BCUT2D eigenvalue weighted by Gasteiger charge is 2.16. The molecule has 0 spiro atoms. The Morgan fingerprint density at radius 1 is 1.10 bits per heavy atom. The van der Waals surface area contributed by atoms with E-state index in [1.165, 1.54) is 0 Å². The first-order chi connectivity index (χ1) is 14.3. The number of fused-ring (bicyclic) bond motifs is 1. The molecule has 2 N–H and O–H groups in total. The predicted molar refractivity (Wildman–Crippen MR) is 115 cm³/mol. The quantitative estimate of drug-likeness (QED) is 0.272. The third-order valence-electron chi connectivity index (χ3n) is 4.73. The van der Waals surface area contributed by atoms with E-state index >= 15 is 0 Å². The summed E-state index contributed by atoms with van der Waals surface area (Å²) in [5, 5.41) is 11.0. The summed E-state index contributed by atoms with van der Waals surface area (Å²) in [7, 11) is 0. The highest BCUT2D eigenvalue weighted by atomic mass is 16.5. The zero-order valence-electron chi connectivity index (χ0n) is 18.1. The number of guanidine groups is 1. The molecule has 1 aromatic heterocycles. The fourth-order valence-corrected chi connectivity index (χ4v) is 3.16. The number of rotatable bonds is 14. The van der Waals surface area contributed by atoms with Crippen LogP contribution in [0.1, 0.15) is 51.8 Å². The Kier molecular flexibility index (Phi) is 11.4. The molecule has 0 bridgehead atoms. The van der Waals surface area contributed by atoms with Crippen LogP contribution in [0.2, 0.25) is 0 Å². The molecule has 1 aromatic rings. The Morgan fingerprint density at radius 2 is 1.93 bits per heavy atom. The second-order valence-corrected chi connectivity index (χ2v) is 7.15. The van der Waals surface area contributed by atoms with Crippen LogP contribution in [0.25, 0.3) is 0 Å². The highest BCUT2D eigenvalue weighted by molar-refractivity contribution is 5.79. The number of aromatic nitrogens is 3. The molecule has 2 heterocycles. The Morgan fingerprint density at radius 3 is 2.69 bits per heavy atom. The van der Waals surface area contributed by atoms with Crippen LogP contribution in [0.5, 0.6) is 0 Å². The van der Waals surface area contributed by atoms with E-state index in [0.717, 1.165) is 70.0 Å². The number of hydrogen-bond donors (Lipinski definition) is 2. The smallest absolute Gasteiger partial charge is 0.345 e. The van der Waals surface area contributed by atoms with Gasteiger partial charge < -0.3 is 20.1 Å². The van der Waals surface area contributed by atoms with Crippen LogP contribution < -0.4 is 16.3 Å². The first-order valence-electron chi connectivity index (χ1n) is 11.1. The summed E-state index contributed by atoms with van der Waals surface area (Å²) >= 11 is 0. The average Bonchev–Trinajstić information content (AvgIpc) is 3.05. The normalized spacial score (nSPS) is 14.1. The van der Waals surface area contributed by atoms with Gasteiger partial charge in [-0.05, 0) is 32.6 Å². The molecular weight excluding hydrogens is 372 g/mol. The van der Waals surface area contributed by atoms with Gasteiger partial charge in [0, 0.05) is 45.8 Å². The fraction of sp³-hybridized carbons (Fsp3) is 0.850. The van der Waals surface area contributed by atoms with Crippen LogP contribution in [-0.4, -0.2) is 66.4 Å². The Bertz CT molecular complexity index is 655. The summed E-state index contributed by atoms with van der Waals surface area (Å²) in [6, 6.07) is 0. The van der Waals surface area contributed by atoms with Gasteiger partial charge in [0.25, 0.3) is 0 Å². The standard InChI is InChI=1S/C20H38N6O3/c1-3-5-14-28-16-17-29-15-11-23-19(21-4-2)22-10-8-13-26-20(27)25-12-7-6-9-18(25)24-26/h3-17H2,1-2H3,(H2,21,22,23). The number of aryl methyl sites for hydroxylation is 2. The molecule has 9 heteroatoms. The van der Waals surface area contributed by atoms with Gasteiger partial charge in [-0.3, -0.25) is 9.56 Å². The van der Waals surface area contributed by atoms with Crippen molar-refractivity contribution in [2.45, 2.75) is 65.5 Å². The molecule has 166 valence electrons. The monoisotopic (exact) mass is 410 g/mol. The van der Waals surface area contributed by atoms with Gasteiger partial charge in [-0.25, -0.2) is 9.48 Å². The van der Waals surface area contributed by atoms with Gasteiger partial charge in [0.1, 0.15) is 5.82 Å². The first-order valence-corrected chi connectivity index (χ1v) is 11.1. The van der Waals surface area contributed by atoms with Crippen molar-refractivity contribution < 1.29 is 9.47 Å². The number of hydrogen-bond acceptors (Lipinski definition) is 5. The molecule has 1 aliphatic rings. The lowest BCUT2D eigenvalue weighted by Crippen LogP contribution is -2.39. The Balaban J connectivity index is 1.62. The minimum absolute atomic E-state index is 0.0181. The third-order valence-corrected chi connectivity index (χ3v) is 4.73. The summed E-state index contributed by atoms with van der Waals surface area (Å²) in [5.74, 6) is 1.70. The summed E-state index contributed by atoms with van der Waals surface area (Å²) in [6.45, 7) is 10.4. The molecule has 0 radical (unpaired) electrons. The maximum Gasteiger partial charge on any atom is 0.345 e. The van der Waals surface area contributed by atoms with Crippen LogP contribution in [0.3, 0.4) is 0 Å². The number of unbranched alkanes of at least 4 members (excludes halogenated alkanes) is 1. The lowest BCUT2D eigenvalue weighted by molar-refractivity contribution is 0.0487. The molecule has 0 unspecified atom stereocenters. The van der Waals surface area contributed by atoms with E-state index in [0.29, 0.717) is 39.5 Å². The molecule has 0 aliphatic carbocycles. The van der Waals surface area contributed by atoms with Crippen molar-refractivity contribution in [2.75, 3.05) is 46.1 Å². The fourth-order valence-electron chi connectivity index (χ4n) is 3.16. The molecule has 0 saturated heterocycles. The van der Waals surface area contributed by atoms with E-state index in [4.69, 9.17) is 9.47 Å².